The predicted molar refractivity (Wildman–Crippen MR) is 71.8 cm³/mol. The van der Waals surface area contributed by atoms with E-state index < -0.39 is 5.54 Å². The topological polar surface area (TPSA) is 71.4 Å². The number of ether oxygens (including phenoxy) is 1. The fraction of sp³-hybridized carbons (Fsp3) is 0.533. The van der Waals surface area contributed by atoms with Crippen LogP contribution in [0, 0.1) is 5.92 Å². The maximum absolute atomic E-state index is 11.5. The molecule has 0 amide bonds. The van der Waals surface area contributed by atoms with Crippen molar-refractivity contribution < 1.29 is 4.74 Å². The average molecular weight is 258 g/mol. The highest BCUT2D eigenvalue weighted by Gasteiger charge is 2.67. The number of rotatable bonds is 0. The maximum Gasteiger partial charge on any atom is 0.248 e. The van der Waals surface area contributed by atoms with Gasteiger partial charge in [0.1, 0.15) is 0 Å². The predicted octanol–water partition coefficient (Wildman–Crippen LogP) is 1.21. The number of pyridine rings is 1. The van der Waals surface area contributed by atoms with Gasteiger partial charge in [-0.3, -0.25) is 4.79 Å². The summed E-state index contributed by atoms with van der Waals surface area (Å²) in [5.74, 6) is 0.305. The van der Waals surface area contributed by atoms with E-state index in [2.05, 4.69) is 18.0 Å². The number of epoxide rings is 1. The standard InChI is InChI=1S/C15H18N2O2/c1-3-9-8-6-11-10(4-5-12(18)17-11)15(9,16)7-14(2)13(8)19-14/h3-5,8,13H,6-7,16H2,1-2H3,(H,17,18). The molecule has 4 nitrogen and oxygen atoms in total. The number of hydrogen-bond donors (Lipinski definition) is 2. The molecular weight excluding hydrogens is 240 g/mol. The third kappa shape index (κ3) is 1.28. The van der Waals surface area contributed by atoms with Crippen LogP contribution < -0.4 is 11.3 Å². The van der Waals surface area contributed by atoms with Crippen LogP contribution in [0.1, 0.15) is 31.5 Å². The summed E-state index contributed by atoms with van der Waals surface area (Å²) in [4.78, 5) is 14.5. The first-order chi connectivity index (χ1) is 8.98. The molecule has 4 unspecified atom stereocenters. The van der Waals surface area contributed by atoms with E-state index in [0.29, 0.717) is 5.92 Å². The Morgan fingerprint density at radius 2 is 2.32 bits per heavy atom. The van der Waals surface area contributed by atoms with Crippen LogP contribution in [-0.4, -0.2) is 16.7 Å². The summed E-state index contributed by atoms with van der Waals surface area (Å²) in [5, 5.41) is 0. The summed E-state index contributed by atoms with van der Waals surface area (Å²) >= 11 is 0. The molecule has 2 heterocycles. The van der Waals surface area contributed by atoms with Crippen LogP contribution in [0.15, 0.2) is 28.6 Å². The number of fused-ring (bicyclic) bond motifs is 6. The molecular formula is C15H18N2O2. The van der Waals surface area contributed by atoms with E-state index in [1.54, 1.807) is 6.07 Å². The van der Waals surface area contributed by atoms with Gasteiger partial charge >= 0.3 is 0 Å². The van der Waals surface area contributed by atoms with Gasteiger partial charge in [-0.15, -0.1) is 0 Å². The van der Waals surface area contributed by atoms with Crippen LogP contribution >= 0.6 is 0 Å². The molecule has 3 aliphatic rings. The number of nitrogens with one attached hydrogen (secondary N) is 1. The molecule has 1 saturated carbocycles. The number of allylic oxidation sites excluding steroid dienone is 1. The number of aromatic amines is 1. The highest BCUT2D eigenvalue weighted by molar-refractivity contribution is 5.48. The van der Waals surface area contributed by atoms with Gasteiger partial charge in [-0.05, 0) is 37.5 Å². The zero-order valence-corrected chi connectivity index (χ0v) is 11.2. The molecule has 2 bridgehead atoms. The zero-order chi connectivity index (χ0) is 13.4. The van der Waals surface area contributed by atoms with Crippen molar-refractivity contribution >= 4 is 0 Å². The van der Waals surface area contributed by atoms with Crippen LogP contribution in [0.2, 0.25) is 0 Å². The molecule has 1 saturated heterocycles. The summed E-state index contributed by atoms with van der Waals surface area (Å²) in [6.45, 7) is 4.20. The van der Waals surface area contributed by atoms with Crippen molar-refractivity contribution in [1.82, 2.24) is 4.98 Å². The number of hydrogen-bond acceptors (Lipinski definition) is 3. The number of nitrogens with two attached hydrogens (primary N) is 1. The lowest BCUT2D eigenvalue weighted by Gasteiger charge is -2.46. The van der Waals surface area contributed by atoms with Crippen molar-refractivity contribution in [3.8, 4) is 0 Å². The number of aromatic nitrogens is 1. The monoisotopic (exact) mass is 258 g/mol. The largest absolute Gasteiger partial charge is 0.366 e. The second kappa shape index (κ2) is 3.19. The maximum atomic E-state index is 11.5. The summed E-state index contributed by atoms with van der Waals surface area (Å²) in [6, 6.07) is 3.46. The Hall–Kier alpha value is -1.39. The Labute approximate surface area is 111 Å². The summed E-state index contributed by atoms with van der Waals surface area (Å²) in [6.07, 6.45) is 4.01. The molecule has 1 aromatic rings. The van der Waals surface area contributed by atoms with Gasteiger partial charge in [0.15, 0.2) is 0 Å². The fourth-order valence-electron chi connectivity index (χ4n) is 4.31. The molecule has 4 heteroatoms. The second-order valence-corrected chi connectivity index (χ2v) is 6.27. The first kappa shape index (κ1) is 11.4. The average Bonchev–Trinajstić information content (AvgIpc) is 2.99. The van der Waals surface area contributed by atoms with E-state index in [1.807, 2.05) is 13.0 Å². The summed E-state index contributed by atoms with van der Waals surface area (Å²) in [7, 11) is 0. The fourth-order valence-corrected chi connectivity index (χ4v) is 4.31. The van der Waals surface area contributed by atoms with Crippen molar-refractivity contribution in [1.29, 1.82) is 0 Å². The molecule has 4 rings (SSSR count). The zero-order valence-electron chi connectivity index (χ0n) is 11.2. The van der Waals surface area contributed by atoms with Crippen LogP contribution in [0.3, 0.4) is 0 Å². The Morgan fingerprint density at radius 3 is 3.05 bits per heavy atom. The molecule has 100 valence electrons. The van der Waals surface area contributed by atoms with Crippen molar-refractivity contribution in [3.05, 3.63) is 45.4 Å². The highest BCUT2D eigenvalue weighted by atomic mass is 16.6. The molecule has 1 aliphatic heterocycles. The quantitative estimate of drug-likeness (QED) is 0.542. The Bertz CT molecular complexity index is 662. The van der Waals surface area contributed by atoms with Gasteiger partial charge in [-0.25, -0.2) is 0 Å². The molecule has 2 aliphatic carbocycles. The van der Waals surface area contributed by atoms with Gasteiger partial charge in [0.25, 0.3) is 0 Å². The summed E-state index contributed by atoms with van der Waals surface area (Å²) in [5.41, 5.74) is 9.45. The van der Waals surface area contributed by atoms with Gasteiger partial charge < -0.3 is 15.5 Å². The lowest BCUT2D eigenvalue weighted by atomic mass is 9.60. The Kier molecular flexibility index (Phi) is 1.92. The van der Waals surface area contributed by atoms with Crippen LogP contribution in [0.5, 0.6) is 0 Å². The van der Waals surface area contributed by atoms with E-state index in [0.717, 1.165) is 24.1 Å². The lowest BCUT2D eigenvalue weighted by Crippen LogP contribution is -2.53. The van der Waals surface area contributed by atoms with Gasteiger partial charge in [-0.1, -0.05) is 6.08 Å². The first-order valence-corrected chi connectivity index (χ1v) is 6.84. The third-order valence-corrected chi connectivity index (χ3v) is 5.07. The molecule has 0 radical (unpaired) electrons. The third-order valence-electron chi connectivity index (χ3n) is 5.07. The Balaban J connectivity index is 1.98. The lowest BCUT2D eigenvalue weighted by molar-refractivity contribution is 0.265. The molecule has 0 aromatic carbocycles. The van der Waals surface area contributed by atoms with Crippen molar-refractivity contribution in [3.63, 3.8) is 0 Å². The molecule has 4 atom stereocenters. The van der Waals surface area contributed by atoms with Crippen molar-refractivity contribution in [2.75, 3.05) is 0 Å². The van der Waals surface area contributed by atoms with E-state index >= 15 is 0 Å². The molecule has 3 N–H and O–H groups in total. The first-order valence-electron chi connectivity index (χ1n) is 6.84. The molecule has 19 heavy (non-hydrogen) atoms. The van der Waals surface area contributed by atoms with Crippen LogP contribution in [0.25, 0.3) is 0 Å². The molecule has 2 fully saturated rings. The molecule has 0 spiro atoms. The van der Waals surface area contributed by atoms with Gasteiger partial charge in [0.05, 0.1) is 17.2 Å². The highest BCUT2D eigenvalue weighted by Crippen LogP contribution is 2.61. The van der Waals surface area contributed by atoms with Gasteiger partial charge in [0.2, 0.25) is 5.56 Å². The van der Waals surface area contributed by atoms with Crippen molar-refractivity contribution in [2.45, 2.75) is 43.9 Å². The Morgan fingerprint density at radius 1 is 1.53 bits per heavy atom. The van der Waals surface area contributed by atoms with E-state index in [1.165, 1.54) is 5.57 Å². The van der Waals surface area contributed by atoms with E-state index in [-0.39, 0.29) is 17.3 Å². The van der Waals surface area contributed by atoms with Crippen LogP contribution in [-0.2, 0) is 16.7 Å². The smallest absolute Gasteiger partial charge is 0.248 e. The van der Waals surface area contributed by atoms with E-state index in [9.17, 15) is 4.79 Å². The van der Waals surface area contributed by atoms with E-state index in [4.69, 9.17) is 10.5 Å². The minimum atomic E-state index is -0.487. The van der Waals surface area contributed by atoms with Gasteiger partial charge in [0, 0.05) is 24.1 Å². The summed E-state index contributed by atoms with van der Waals surface area (Å²) < 4.78 is 5.93. The van der Waals surface area contributed by atoms with Gasteiger partial charge in [-0.2, -0.15) is 0 Å². The second-order valence-electron chi connectivity index (χ2n) is 6.27. The number of H-pyrrole nitrogens is 1. The minimum Gasteiger partial charge on any atom is -0.366 e. The van der Waals surface area contributed by atoms with Crippen molar-refractivity contribution in [2.24, 2.45) is 11.7 Å². The normalized spacial score (nSPS) is 44.7. The SMILES string of the molecule is CC=C1C2Cc3[nH]c(=O)ccc3C1(N)CC1(C)OC21. The molecule has 1 aromatic heterocycles. The minimum absolute atomic E-state index is 0.0520. The van der Waals surface area contributed by atoms with Crippen LogP contribution in [0.4, 0.5) is 0 Å².